The zero-order valence-electron chi connectivity index (χ0n) is 15.7. The minimum atomic E-state index is -0.135. The number of carbonyl (C=O) groups is 1. The lowest BCUT2D eigenvalue weighted by atomic mass is 10.2. The van der Waals surface area contributed by atoms with E-state index in [1.54, 1.807) is 17.3 Å². The minimum Gasteiger partial charge on any atom is -0.295 e. The van der Waals surface area contributed by atoms with E-state index >= 15 is 0 Å². The Kier molecular flexibility index (Phi) is 4.29. The van der Waals surface area contributed by atoms with Crippen LogP contribution in [-0.4, -0.2) is 25.3 Å². The molecule has 1 aromatic carbocycles. The topological polar surface area (TPSA) is 63.4 Å². The third-order valence-corrected chi connectivity index (χ3v) is 5.79. The Labute approximate surface area is 171 Å². The Morgan fingerprint density at radius 1 is 1.07 bits per heavy atom. The van der Waals surface area contributed by atoms with E-state index in [-0.39, 0.29) is 5.91 Å². The second-order valence-electron chi connectivity index (χ2n) is 6.69. The normalized spacial score (nSPS) is 11.2. The maximum atomic E-state index is 13.7. The Balaban J connectivity index is 1.64. The molecule has 0 bridgehead atoms. The number of aromatic nitrogens is 4. The molecule has 5 aromatic rings. The molecule has 0 radical (unpaired) electrons. The van der Waals surface area contributed by atoms with Gasteiger partial charge in [0.15, 0.2) is 5.13 Å². The van der Waals surface area contributed by atoms with Crippen LogP contribution in [0.25, 0.3) is 15.9 Å². The number of amides is 1. The molecule has 0 unspecified atom stereocenters. The average Bonchev–Trinajstić information content (AvgIpc) is 3.32. The molecule has 4 aromatic heterocycles. The highest BCUT2D eigenvalue weighted by Crippen LogP contribution is 2.31. The number of pyridine rings is 2. The number of anilines is 1. The van der Waals surface area contributed by atoms with Gasteiger partial charge in [0.2, 0.25) is 0 Å². The van der Waals surface area contributed by atoms with Gasteiger partial charge >= 0.3 is 0 Å². The Morgan fingerprint density at radius 3 is 2.76 bits per heavy atom. The fourth-order valence-electron chi connectivity index (χ4n) is 3.38. The summed E-state index contributed by atoms with van der Waals surface area (Å²) in [6.07, 6.45) is 5.36. The Bertz CT molecular complexity index is 1290. The Hall–Kier alpha value is -3.58. The average molecular weight is 399 g/mol. The van der Waals surface area contributed by atoms with Crippen molar-refractivity contribution in [2.75, 3.05) is 4.90 Å². The standard InChI is InChI=1S/C22H17N5OS/c1-15-20(26-12-5-4-10-19(26)24-15)21(28)27(14-16-7-6-11-23-13-16)22-25-17-8-2-3-9-18(17)29-22/h2-13H,14H2,1H3. The molecule has 0 atom stereocenters. The van der Waals surface area contributed by atoms with Crippen LogP contribution in [0, 0.1) is 6.92 Å². The molecule has 0 aliphatic heterocycles. The van der Waals surface area contributed by atoms with E-state index in [2.05, 4.69) is 9.97 Å². The van der Waals surface area contributed by atoms with Gasteiger partial charge in [0.1, 0.15) is 11.3 Å². The summed E-state index contributed by atoms with van der Waals surface area (Å²) in [6, 6.07) is 17.4. The van der Waals surface area contributed by atoms with E-state index in [1.807, 2.05) is 72.1 Å². The van der Waals surface area contributed by atoms with Crippen molar-refractivity contribution in [3.8, 4) is 0 Å². The molecule has 142 valence electrons. The van der Waals surface area contributed by atoms with Crippen LogP contribution in [0.3, 0.4) is 0 Å². The summed E-state index contributed by atoms with van der Waals surface area (Å²) in [7, 11) is 0. The molecule has 0 saturated heterocycles. The molecule has 0 N–H and O–H groups in total. The van der Waals surface area contributed by atoms with Gasteiger partial charge in [-0.15, -0.1) is 0 Å². The molecule has 0 saturated carbocycles. The van der Waals surface area contributed by atoms with Crippen molar-refractivity contribution in [1.82, 2.24) is 19.4 Å². The summed E-state index contributed by atoms with van der Waals surface area (Å²) < 4.78 is 2.88. The van der Waals surface area contributed by atoms with Gasteiger partial charge in [0.25, 0.3) is 5.91 Å². The fraction of sp³-hybridized carbons (Fsp3) is 0.0909. The molecular weight excluding hydrogens is 382 g/mol. The van der Waals surface area contributed by atoms with Gasteiger partial charge in [0.05, 0.1) is 22.5 Å². The highest BCUT2D eigenvalue weighted by molar-refractivity contribution is 7.22. The second-order valence-corrected chi connectivity index (χ2v) is 7.70. The minimum absolute atomic E-state index is 0.135. The van der Waals surface area contributed by atoms with Crippen molar-refractivity contribution in [3.05, 3.63) is 90.1 Å². The molecule has 7 heteroatoms. The van der Waals surface area contributed by atoms with E-state index in [1.165, 1.54) is 11.3 Å². The van der Waals surface area contributed by atoms with E-state index in [0.29, 0.717) is 23.1 Å². The van der Waals surface area contributed by atoms with E-state index in [0.717, 1.165) is 21.4 Å². The fourth-order valence-corrected chi connectivity index (χ4v) is 4.34. The van der Waals surface area contributed by atoms with Crippen molar-refractivity contribution in [2.45, 2.75) is 13.5 Å². The number of thiazole rings is 1. The number of aryl methyl sites for hydroxylation is 1. The van der Waals surface area contributed by atoms with Crippen molar-refractivity contribution >= 4 is 38.2 Å². The van der Waals surface area contributed by atoms with Crippen molar-refractivity contribution in [2.24, 2.45) is 0 Å². The van der Waals surface area contributed by atoms with Crippen LogP contribution in [0.15, 0.2) is 73.2 Å². The molecular formula is C22H17N5OS. The van der Waals surface area contributed by atoms with Crippen LogP contribution in [0.4, 0.5) is 5.13 Å². The quantitative estimate of drug-likeness (QED) is 0.447. The summed E-state index contributed by atoms with van der Waals surface area (Å²) in [5.41, 5.74) is 3.80. The number of fused-ring (bicyclic) bond motifs is 2. The number of hydrogen-bond acceptors (Lipinski definition) is 5. The highest BCUT2D eigenvalue weighted by Gasteiger charge is 2.26. The van der Waals surface area contributed by atoms with Gasteiger partial charge in [-0.25, -0.2) is 9.97 Å². The number of hydrogen-bond donors (Lipinski definition) is 0. The van der Waals surface area contributed by atoms with Crippen LogP contribution in [0.2, 0.25) is 0 Å². The van der Waals surface area contributed by atoms with E-state index < -0.39 is 0 Å². The van der Waals surface area contributed by atoms with Crippen molar-refractivity contribution < 1.29 is 4.79 Å². The molecule has 6 nitrogen and oxygen atoms in total. The lowest BCUT2D eigenvalue weighted by Gasteiger charge is -2.20. The largest absolute Gasteiger partial charge is 0.295 e. The van der Waals surface area contributed by atoms with Crippen LogP contribution in [-0.2, 0) is 6.54 Å². The predicted molar refractivity (Wildman–Crippen MR) is 114 cm³/mol. The zero-order chi connectivity index (χ0) is 19.8. The van der Waals surface area contributed by atoms with E-state index in [9.17, 15) is 4.79 Å². The van der Waals surface area contributed by atoms with Gasteiger partial charge in [0, 0.05) is 18.6 Å². The molecule has 4 heterocycles. The lowest BCUT2D eigenvalue weighted by molar-refractivity contribution is 0.0979. The first-order valence-electron chi connectivity index (χ1n) is 9.21. The van der Waals surface area contributed by atoms with Crippen molar-refractivity contribution in [1.29, 1.82) is 0 Å². The first-order valence-corrected chi connectivity index (χ1v) is 10.0. The summed E-state index contributed by atoms with van der Waals surface area (Å²) in [4.78, 5) is 28.9. The first-order chi connectivity index (χ1) is 14.2. The maximum absolute atomic E-state index is 13.7. The summed E-state index contributed by atoms with van der Waals surface area (Å²) >= 11 is 1.51. The number of para-hydroxylation sites is 1. The molecule has 0 aliphatic carbocycles. The SMILES string of the molecule is Cc1nc2ccccn2c1C(=O)N(Cc1cccnc1)c1nc2ccccc2s1. The van der Waals surface area contributed by atoms with Crippen molar-refractivity contribution in [3.63, 3.8) is 0 Å². The van der Waals surface area contributed by atoms with Gasteiger partial charge in [-0.3, -0.25) is 19.1 Å². The molecule has 0 fully saturated rings. The van der Waals surface area contributed by atoms with E-state index in [4.69, 9.17) is 4.98 Å². The summed E-state index contributed by atoms with van der Waals surface area (Å²) in [5.74, 6) is -0.135. The number of benzene rings is 1. The van der Waals surface area contributed by atoms with Gasteiger partial charge < -0.3 is 0 Å². The lowest BCUT2D eigenvalue weighted by Crippen LogP contribution is -2.31. The number of carbonyl (C=O) groups excluding carboxylic acids is 1. The number of rotatable bonds is 4. The van der Waals surface area contributed by atoms with Crippen LogP contribution in [0.1, 0.15) is 21.7 Å². The predicted octanol–water partition coefficient (Wildman–Crippen LogP) is 4.49. The van der Waals surface area contributed by atoms with Crippen LogP contribution in [0.5, 0.6) is 0 Å². The first kappa shape index (κ1) is 17.5. The van der Waals surface area contributed by atoms with Gasteiger partial charge in [-0.1, -0.05) is 35.6 Å². The third kappa shape index (κ3) is 3.15. The summed E-state index contributed by atoms with van der Waals surface area (Å²) in [6.45, 7) is 2.24. The number of nitrogens with zero attached hydrogens (tertiary/aromatic N) is 5. The molecule has 0 spiro atoms. The van der Waals surface area contributed by atoms with Crippen LogP contribution < -0.4 is 4.90 Å². The second kappa shape index (κ2) is 7.10. The molecule has 1 amide bonds. The highest BCUT2D eigenvalue weighted by atomic mass is 32.1. The Morgan fingerprint density at radius 2 is 1.93 bits per heavy atom. The van der Waals surface area contributed by atoms with Gasteiger partial charge in [-0.2, -0.15) is 0 Å². The van der Waals surface area contributed by atoms with Crippen LogP contribution >= 0.6 is 11.3 Å². The summed E-state index contributed by atoms with van der Waals surface area (Å²) in [5, 5.41) is 0.658. The monoisotopic (exact) mass is 399 g/mol. The number of imidazole rings is 1. The molecule has 29 heavy (non-hydrogen) atoms. The molecule has 0 aliphatic rings. The third-order valence-electron chi connectivity index (χ3n) is 4.73. The smallest absolute Gasteiger partial charge is 0.279 e. The maximum Gasteiger partial charge on any atom is 0.279 e. The zero-order valence-corrected chi connectivity index (χ0v) is 16.5. The molecule has 5 rings (SSSR count). The van der Waals surface area contributed by atoms with Gasteiger partial charge in [-0.05, 0) is 42.8 Å².